The molecule has 7 nitrogen and oxygen atoms in total. The smallest absolute Gasteiger partial charge is 0.158 e. The number of H-pyrrole nitrogens is 1. The lowest BCUT2D eigenvalue weighted by atomic mass is 10.1. The Morgan fingerprint density at radius 1 is 1.41 bits per heavy atom. The van der Waals surface area contributed by atoms with E-state index in [0.717, 1.165) is 46.6 Å². The molecule has 8 heteroatoms. The van der Waals surface area contributed by atoms with Crippen molar-refractivity contribution in [2.75, 3.05) is 25.3 Å². The lowest BCUT2D eigenvalue weighted by Crippen LogP contribution is -2.14. The molecule has 0 atom stereocenters. The van der Waals surface area contributed by atoms with Crippen LogP contribution in [0.2, 0.25) is 0 Å². The fraction of sp³-hybridized carbons (Fsp3) is 0.238. The summed E-state index contributed by atoms with van der Waals surface area (Å²) in [6.45, 7) is 1.92. The highest BCUT2D eigenvalue weighted by molar-refractivity contribution is 8.03. The van der Waals surface area contributed by atoms with Crippen molar-refractivity contribution >= 4 is 47.9 Å². The van der Waals surface area contributed by atoms with Gasteiger partial charge in [-0.15, -0.1) is 11.8 Å². The predicted molar refractivity (Wildman–Crippen MR) is 122 cm³/mol. The normalized spacial score (nSPS) is 14.1. The van der Waals surface area contributed by atoms with Crippen LogP contribution in [-0.2, 0) is 4.79 Å². The number of aldehydes is 1. The second kappa shape index (κ2) is 9.38. The number of aromatic nitrogens is 3. The van der Waals surface area contributed by atoms with Crippen molar-refractivity contribution in [2.24, 2.45) is 4.99 Å². The minimum Gasteiger partial charge on any atom is -0.377 e. The molecule has 0 radical (unpaired) electrons. The molecule has 0 saturated heterocycles. The van der Waals surface area contributed by atoms with Crippen LogP contribution in [0.4, 0.5) is 5.69 Å². The maximum atomic E-state index is 11.7. The van der Waals surface area contributed by atoms with Gasteiger partial charge in [0.15, 0.2) is 6.29 Å². The van der Waals surface area contributed by atoms with E-state index < -0.39 is 0 Å². The third kappa shape index (κ3) is 4.65. The van der Waals surface area contributed by atoms with Gasteiger partial charge in [0, 0.05) is 54.9 Å². The molecule has 0 aliphatic heterocycles. The highest BCUT2D eigenvalue weighted by atomic mass is 32.2. The number of carbonyl (C=O) groups is 1. The number of fused-ring (bicyclic) bond motifs is 1. The summed E-state index contributed by atoms with van der Waals surface area (Å²) >= 11 is 1.37. The first-order valence-electron chi connectivity index (χ1n) is 9.11. The van der Waals surface area contributed by atoms with E-state index in [2.05, 4.69) is 31.6 Å². The number of thioether (sulfide) groups is 1. The van der Waals surface area contributed by atoms with E-state index in [1.165, 1.54) is 11.8 Å². The maximum absolute atomic E-state index is 11.7. The Labute approximate surface area is 174 Å². The molecule has 0 bridgehead atoms. The number of rotatable bonds is 7. The summed E-state index contributed by atoms with van der Waals surface area (Å²) in [5.74, 6) is 0. The first-order chi connectivity index (χ1) is 14.0. The average Bonchev–Trinajstić information content (AvgIpc) is 3.05. The molecule has 0 aromatic carbocycles. The Bertz CT molecular complexity index is 1020. The van der Waals surface area contributed by atoms with E-state index in [-0.39, 0.29) is 0 Å². The topological polar surface area (TPSA) is 86.3 Å². The Morgan fingerprint density at radius 2 is 2.24 bits per heavy atom. The van der Waals surface area contributed by atoms with Crippen molar-refractivity contribution in [3.05, 3.63) is 57.7 Å². The van der Waals surface area contributed by atoms with Crippen LogP contribution in [0, 0.1) is 6.92 Å². The number of aliphatic imine (C=N–C) groups is 1. The molecule has 3 rings (SSSR count). The number of allylic oxidation sites excluding steroid dienone is 2. The standard InChI is InChI=1S/C21H24N6OS/c1-14-20(18(27(2)3)8-9-22-14)21(19(12-28)29-4)24-13-23-16-6-5-7-17-15(10-16)11-25-26-17/h5,7-13H,6H2,1-4H3,(H,23,24)(H,25,26)/b21-19+. The zero-order valence-corrected chi connectivity index (χ0v) is 17.7. The molecule has 2 N–H and O–H groups in total. The van der Waals surface area contributed by atoms with Gasteiger partial charge >= 0.3 is 0 Å². The van der Waals surface area contributed by atoms with Crippen LogP contribution in [0.1, 0.15) is 28.9 Å². The van der Waals surface area contributed by atoms with Gasteiger partial charge in [-0.1, -0.05) is 6.08 Å². The SMILES string of the molecule is CS/C(C=O)=C(/N=CNC1=Cc2cn[nH]c2C=CC1)c1c(N(C)C)ccnc1C. The first-order valence-corrected chi connectivity index (χ1v) is 10.3. The summed E-state index contributed by atoms with van der Waals surface area (Å²) in [6.07, 6.45) is 14.7. The Morgan fingerprint density at radius 3 is 2.97 bits per heavy atom. The van der Waals surface area contributed by atoms with Crippen LogP contribution in [0.5, 0.6) is 0 Å². The van der Waals surface area contributed by atoms with E-state index >= 15 is 0 Å². The number of carbonyl (C=O) groups excluding carboxylic acids is 1. The quantitative estimate of drug-likeness (QED) is 0.316. The van der Waals surface area contributed by atoms with Crippen molar-refractivity contribution in [1.82, 2.24) is 20.5 Å². The van der Waals surface area contributed by atoms with Gasteiger partial charge in [0.05, 0.1) is 28.8 Å². The minimum atomic E-state index is 0.550. The third-order valence-corrected chi connectivity index (χ3v) is 5.22. The van der Waals surface area contributed by atoms with Crippen LogP contribution < -0.4 is 10.2 Å². The Balaban J connectivity index is 1.96. The number of aromatic amines is 1. The fourth-order valence-electron chi connectivity index (χ4n) is 3.05. The van der Waals surface area contributed by atoms with Crippen molar-refractivity contribution in [2.45, 2.75) is 13.3 Å². The van der Waals surface area contributed by atoms with Gasteiger partial charge in [0.1, 0.15) is 0 Å². The number of aryl methyl sites for hydroxylation is 1. The van der Waals surface area contributed by atoms with Gasteiger partial charge in [-0.25, -0.2) is 4.99 Å². The van der Waals surface area contributed by atoms with Crippen molar-refractivity contribution in [1.29, 1.82) is 0 Å². The number of nitrogens with zero attached hydrogens (tertiary/aromatic N) is 4. The molecule has 0 saturated carbocycles. The van der Waals surface area contributed by atoms with Crippen molar-refractivity contribution < 1.29 is 4.79 Å². The molecule has 0 fully saturated rings. The van der Waals surface area contributed by atoms with E-state index in [4.69, 9.17) is 0 Å². The average molecular weight is 409 g/mol. The summed E-state index contributed by atoms with van der Waals surface area (Å²) < 4.78 is 0. The largest absolute Gasteiger partial charge is 0.377 e. The monoisotopic (exact) mass is 408 g/mol. The van der Waals surface area contributed by atoms with Gasteiger partial charge in [-0.05, 0) is 31.4 Å². The Kier molecular flexibility index (Phi) is 6.66. The van der Waals surface area contributed by atoms with Crippen molar-refractivity contribution in [3.8, 4) is 0 Å². The van der Waals surface area contributed by atoms with Crippen LogP contribution in [0.15, 0.2) is 40.1 Å². The van der Waals surface area contributed by atoms with Crippen LogP contribution >= 0.6 is 11.8 Å². The van der Waals surface area contributed by atoms with Gasteiger partial charge < -0.3 is 10.2 Å². The lowest BCUT2D eigenvalue weighted by Gasteiger charge is -2.19. The summed E-state index contributed by atoms with van der Waals surface area (Å²) in [4.78, 5) is 23.3. The molecular formula is C21H24N6OS. The van der Waals surface area contributed by atoms with E-state index in [0.29, 0.717) is 10.6 Å². The van der Waals surface area contributed by atoms with E-state index in [1.54, 1.807) is 18.7 Å². The van der Waals surface area contributed by atoms with Crippen LogP contribution in [-0.4, -0.2) is 48.2 Å². The molecule has 1 aliphatic rings. The van der Waals surface area contributed by atoms with Gasteiger partial charge in [0.25, 0.3) is 0 Å². The number of hydrogen-bond acceptors (Lipinski definition) is 6. The molecule has 150 valence electrons. The van der Waals surface area contributed by atoms with Gasteiger partial charge in [-0.3, -0.25) is 14.9 Å². The van der Waals surface area contributed by atoms with E-state index in [9.17, 15) is 4.79 Å². The summed E-state index contributed by atoms with van der Waals surface area (Å²) in [6, 6.07) is 1.92. The molecule has 2 aromatic heterocycles. The highest BCUT2D eigenvalue weighted by Crippen LogP contribution is 2.33. The molecule has 0 unspecified atom stereocenters. The maximum Gasteiger partial charge on any atom is 0.158 e. The van der Waals surface area contributed by atoms with E-state index in [1.807, 2.05) is 50.4 Å². The summed E-state index contributed by atoms with van der Waals surface area (Å²) in [5, 5.41) is 10.3. The van der Waals surface area contributed by atoms with Gasteiger partial charge in [0.2, 0.25) is 0 Å². The molecule has 1 aliphatic carbocycles. The summed E-state index contributed by atoms with van der Waals surface area (Å²) in [5.41, 5.74) is 6.20. The molecule has 0 spiro atoms. The number of anilines is 1. The third-order valence-electron chi connectivity index (χ3n) is 4.49. The molecular weight excluding hydrogens is 384 g/mol. The number of hydrogen-bond donors (Lipinski definition) is 2. The van der Waals surface area contributed by atoms with Crippen LogP contribution in [0.3, 0.4) is 0 Å². The zero-order valence-electron chi connectivity index (χ0n) is 16.9. The molecule has 2 aromatic rings. The second-order valence-electron chi connectivity index (χ2n) is 6.64. The highest BCUT2D eigenvalue weighted by Gasteiger charge is 2.17. The fourth-order valence-corrected chi connectivity index (χ4v) is 3.50. The zero-order chi connectivity index (χ0) is 20.8. The van der Waals surface area contributed by atoms with Crippen LogP contribution in [0.25, 0.3) is 17.8 Å². The second-order valence-corrected chi connectivity index (χ2v) is 7.49. The van der Waals surface area contributed by atoms with Crippen molar-refractivity contribution in [3.63, 3.8) is 0 Å². The number of pyridine rings is 1. The first kappa shape index (κ1) is 20.6. The Hall–Kier alpha value is -3.13. The van der Waals surface area contributed by atoms with Gasteiger partial charge in [-0.2, -0.15) is 5.10 Å². The number of nitrogens with one attached hydrogen (secondary N) is 2. The predicted octanol–water partition coefficient (Wildman–Crippen LogP) is 3.49. The summed E-state index contributed by atoms with van der Waals surface area (Å²) in [7, 11) is 3.92. The molecule has 0 amide bonds. The lowest BCUT2D eigenvalue weighted by molar-refractivity contribution is -0.104. The molecule has 29 heavy (non-hydrogen) atoms. The molecule has 2 heterocycles. The minimum absolute atomic E-state index is 0.550.